The van der Waals surface area contributed by atoms with Crippen LogP contribution in [0.25, 0.3) is 0 Å². The fraction of sp³-hybridized carbons (Fsp3) is 0.857. The van der Waals surface area contributed by atoms with E-state index < -0.39 is 12.3 Å². The molecule has 4 nitrogen and oxygen atoms in total. The molecule has 0 saturated carbocycles. The first-order valence-corrected chi connectivity index (χ1v) is 3.78. The van der Waals surface area contributed by atoms with Crippen LogP contribution in [0.1, 0.15) is 26.7 Å². The highest BCUT2D eigenvalue weighted by Gasteiger charge is 2.02. The highest BCUT2D eigenvalue weighted by Crippen LogP contribution is 1.88. The standard InChI is InChI=1S/C7H15NO3/c1-3-4-5-11-7(10)8-6(2)9/h6,9H,3-5H2,1-2H3,(H,8,10). The fourth-order valence-electron chi connectivity index (χ4n) is 0.521. The van der Waals surface area contributed by atoms with Gasteiger partial charge in [0.2, 0.25) is 0 Å². The van der Waals surface area contributed by atoms with Gasteiger partial charge in [0.05, 0.1) is 6.61 Å². The molecule has 1 atom stereocenters. The van der Waals surface area contributed by atoms with Gasteiger partial charge < -0.3 is 9.84 Å². The van der Waals surface area contributed by atoms with E-state index in [1.165, 1.54) is 6.92 Å². The Morgan fingerprint density at radius 2 is 2.36 bits per heavy atom. The fourth-order valence-corrected chi connectivity index (χ4v) is 0.521. The van der Waals surface area contributed by atoms with Gasteiger partial charge in [-0.25, -0.2) is 4.79 Å². The molecule has 0 aliphatic carbocycles. The quantitative estimate of drug-likeness (QED) is 0.474. The first kappa shape index (κ1) is 10.2. The van der Waals surface area contributed by atoms with Crippen LogP contribution < -0.4 is 5.32 Å². The third kappa shape index (κ3) is 7.12. The zero-order valence-electron chi connectivity index (χ0n) is 6.96. The van der Waals surface area contributed by atoms with Crippen LogP contribution in [0.2, 0.25) is 0 Å². The topological polar surface area (TPSA) is 58.6 Å². The van der Waals surface area contributed by atoms with Crippen LogP contribution in [0.5, 0.6) is 0 Å². The van der Waals surface area contributed by atoms with Crippen LogP contribution in [0.15, 0.2) is 0 Å². The lowest BCUT2D eigenvalue weighted by Crippen LogP contribution is -2.32. The summed E-state index contributed by atoms with van der Waals surface area (Å²) in [6.45, 7) is 3.88. The number of aliphatic hydroxyl groups excluding tert-OH is 1. The molecule has 0 radical (unpaired) electrons. The Kier molecular flexibility index (Phi) is 5.56. The van der Waals surface area contributed by atoms with Crippen molar-refractivity contribution in [3.05, 3.63) is 0 Å². The van der Waals surface area contributed by atoms with Crippen molar-refractivity contribution >= 4 is 6.09 Å². The molecule has 0 aromatic carbocycles. The van der Waals surface area contributed by atoms with Crippen molar-refractivity contribution in [2.24, 2.45) is 0 Å². The van der Waals surface area contributed by atoms with Gasteiger partial charge in [-0.15, -0.1) is 0 Å². The second kappa shape index (κ2) is 5.97. The maximum absolute atomic E-state index is 10.6. The van der Waals surface area contributed by atoms with Gasteiger partial charge in [-0.1, -0.05) is 13.3 Å². The molecule has 0 rings (SSSR count). The molecule has 1 amide bonds. The average molecular weight is 161 g/mol. The largest absolute Gasteiger partial charge is 0.450 e. The van der Waals surface area contributed by atoms with E-state index in [2.05, 4.69) is 10.1 Å². The second-order valence-corrected chi connectivity index (χ2v) is 2.31. The van der Waals surface area contributed by atoms with Crippen LogP contribution >= 0.6 is 0 Å². The zero-order chi connectivity index (χ0) is 8.69. The van der Waals surface area contributed by atoms with Crippen molar-refractivity contribution in [3.63, 3.8) is 0 Å². The molecule has 0 aliphatic heterocycles. The Morgan fingerprint density at radius 3 is 2.82 bits per heavy atom. The molecule has 0 spiro atoms. The number of carbonyl (C=O) groups is 1. The number of alkyl carbamates (subject to hydrolysis) is 1. The van der Waals surface area contributed by atoms with Crippen LogP contribution in [-0.4, -0.2) is 24.0 Å². The number of hydrogen-bond donors (Lipinski definition) is 2. The number of rotatable bonds is 4. The molecule has 2 N–H and O–H groups in total. The van der Waals surface area contributed by atoms with Crippen molar-refractivity contribution in [2.75, 3.05) is 6.61 Å². The van der Waals surface area contributed by atoms with E-state index in [0.29, 0.717) is 6.61 Å². The van der Waals surface area contributed by atoms with Gasteiger partial charge in [0.15, 0.2) is 0 Å². The minimum Gasteiger partial charge on any atom is -0.450 e. The van der Waals surface area contributed by atoms with Crippen molar-refractivity contribution in [1.82, 2.24) is 5.32 Å². The number of amides is 1. The Hall–Kier alpha value is -0.770. The maximum Gasteiger partial charge on any atom is 0.409 e. The van der Waals surface area contributed by atoms with E-state index in [1.807, 2.05) is 6.92 Å². The van der Waals surface area contributed by atoms with Crippen molar-refractivity contribution < 1.29 is 14.6 Å². The van der Waals surface area contributed by atoms with Crippen molar-refractivity contribution in [3.8, 4) is 0 Å². The van der Waals surface area contributed by atoms with E-state index in [-0.39, 0.29) is 0 Å². The third-order valence-corrected chi connectivity index (χ3v) is 1.06. The second-order valence-electron chi connectivity index (χ2n) is 2.31. The first-order chi connectivity index (χ1) is 5.16. The summed E-state index contributed by atoms with van der Waals surface area (Å²) in [7, 11) is 0. The van der Waals surface area contributed by atoms with E-state index in [1.54, 1.807) is 0 Å². The number of carbonyl (C=O) groups excluding carboxylic acids is 1. The monoisotopic (exact) mass is 161 g/mol. The average Bonchev–Trinajstić information content (AvgIpc) is 1.86. The lowest BCUT2D eigenvalue weighted by molar-refractivity contribution is 0.106. The van der Waals surface area contributed by atoms with Crippen molar-refractivity contribution in [2.45, 2.75) is 32.9 Å². The van der Waals surface area contributed by atoms with E-state index in [9.17, 15) is 4.79 Å². The molecule has 11 heavy (non-hydrogen) atoms. The molecule has 0 heterocycles. The summed E-state index contributed by atoms with van der Waals surface area (Å²) in [5.74, 6) is 0. The molecule has 0 aromatic rings. The molecule has 0 fully saturated rings. The molecule has 1 unspecified atom stereocenters. The minimum atomic E-state index is -0.843. The number of unbranched alkanes of at least 4 members (excludes halogenated alkanes) is 1. The Labute approximate surface area is 66.5 Å². The number of aliphatic hydroxyl groups is 1. The van der Waals surface area contributed by atoms with Crippen LogP contribution in [0, 0.1) is 0 Å². The molecule has 66 valence electrons. The predicted molar refractivity (Wildman–Crippen MR) is 41.1 cm³/mol. The van der Waals surface area contributed by atoms with Gasteiger partial charge in [-0.05, 0) is 13.3 Å². The number of ether oxygens (including phenoxy) is 1. The SMILES string of the molecule is CCCCOC(=O)NC(C)O. The number of hydrogen-bond acceptors (Lipinski definition) is 3. The van der Waals surface area contributed by atoms with Crippen LogP contribution in [-0.2, 0) is 4.74 Å². The molecular formula is C7H15NO3. The Balaban J connectivity index is 3.23. The highest BCUT2D eigenvalue weighted by atomic mass is 16.5. The Bertz CT molecular complexity index is 114. The Morgan fingerprint density at radius 1 is 1.73 bits per heavy atom. The van der Waals surface area contributed by atoms with E-state index in [4.69, 9.17) is 5.11 Å². The summed E-state index contributed by atoms with van der Waals surface area (Å²) in [6.07, 6.45) is 0.437. The molecular weight excluding hydrogens is 146 g/mol. The molecule has 0 saturated heterocycles. The van der Waals surface area contributed by atoms with E-state index >= 15 is 0 Å². The van der Waals surface area contributed by atoms with Crippen LogP contribution in [0.4, 0.5) is 4.79 Å². The van der Waals surface area contributed by atoms with Crippen LogP contribution in [0.3, 0.4) is 0 Å². The summed E-state index contributed by atoms with van der Waals surface area (Å²) in [4.78, 5) is 10.6. The van der Waals surface area contributed by atoms with Gasteiger partial charge in [-0.3, -0.25) is 5.32 Å². The van der Waals surface area contributed by atoms with Gasteiger partial charge in [0.25, 0.3) is 0 Å². The summed E-state index contributed by atoms with van der Waals surface area (Å²) in [5, 5.41) is 10.9. The van der Waals surface area contributed by atoms with E-state index in [0.717, 1.165) is 12.8 Å². The third-order valence-electron chi connectivity index (χ3n) is 1.06. The molecule has 0 aromatic heterocycles. The summed E-state index contributed by atoms with van der Waals surface area (Å²) >= 11 is 0. The smallest absolute Gasteiger partial charge is 0.409 e. The zero-order valence-corrected chi connectivity index (χ0v) is 6.96. The lowest BCUT2D eigenvalue weighted by Gasteiger charge is -2.07. The predicted octanol–water partition coefficient (Wildman–Crippen LogP) is 0.851. The minimum absolute atomic E-state index is 0.412. The highest BCUT2D eigenvalue weighted by molar-refractivity contribution is 5.67. The summed E-state index contributed by atoms with van der Waals surface area (Å²) in [5.41, 5.74) is 0. The number of nitrogens with one attached hydrogen (secondary N) is 1. The van der Waals surface area contributed by atoms with Gasteiger partial charge >= 0.3 is 6.09 Å². The first-order valence-electron chi connectivity index (χ1n) is 3.78. The molecule has 0 aliphatic rings. The lowest BCUT2D eigenvalue weighted by atomic mass is 10.4. The van der Waals surface area contributed by atoms with Gasteiger partial charge in [0.1, 0.15) is 6.23 Å². The van der Waals surface area contributed by atoms with Crippen molar-refractivity contribution in [1.29, 1.82) is 0 Å². The normalized spacial score (nSPS) is 12.3. The maximum atomic E-state index is 10.6. The molecule has 0 bridgehead atoms. The molecule has 4 heteroatoms. The summed E-state index contributed by atoms with van der Waals surface area (Å²) in [6, 6.07) is 0. The van der Waals surface area contributed by atoms with Gasteiger partial charge in [-0.2, -0.15) is 0 Å². The van der Waals surface area contributed by atoms with Gasteiger partial charge in [0, 0.05) is 0 Å². The summed E-state index contributed by atoms with van der Waals surface area (Å²) < 4.78 is 4.68.